The van der Waals surface area contributed by atoms with Crippen LogP contribution in [0, 0.1) is 5.92 Å². The maximum atomic E-state index is 13.1. The van der Waals surface area contributed by atoms with Crippen LogP contribution in [0.5, 0.6) is 0 Å². The molecule has 0 aromatic heterocycles. The van der Waals surface area contributed by atoms with Gasteiger partial charge in [-0.2, -0.15) is 0 Å². The third-order valence-electron chi connectivity index (χ3n) is 5.55. The van der Waals surface area contributed by atoms with Gasteiger partial charge in [-0.05, 0) is 36.5 Å². The molecule has 1 fully saturated rings. The van der Waals surface area contributed by atoms with E-state index in [1.54, 1.807) is 29.2 Å². The third kappa shape index (κ3) is 6.39. The Labute approximate surface area is 182 Å². The fraction of sp³-hybridized carbons (Fsp3) is 0.375. The van der Waals surface area contributed by atoms with E-state index >= 15 is 0 Å². The van der Waals surface area contributed by atoms with Crippen LogP contribution in [-0.2, 0) is 20.9 Å². The number of nitrogens with one attached hydrogen (secondary N) is 2. The smallest absolute Gasteiger partial charge is 0.251 e. The molecule has 7 heteroatoms. The van der Waals surface area contributed by atoms with Crippen LogP contribution in [0.25, 0.3) is 0 Å². The normalized spacial score (nSPS) is 15.2. The minimum atomic E-state index is -0.670. The number of nitrogens with zero attached hydrogens (tertiary/aromatic N) is 1. The van der Waals surface area contributed by atoms with Gasteiger partial charge in [0.05, 0.1) is 0 Å². The molecule has 0 saturated carbocycles. The highest BCUT2D eigenvalue weighted by Crippen LogP contribution is 2.22. The van der Waals surface area contributed by atoms with Gasteiger partial charge in [0.1, 0.15) is 12.6 Å². The lowest BCUT2D eigenvalue weighted by Gasteiger charge is -2.35. The summed E-state index contributed by atoms with van der Waals surface area (Å²) in [6.45, 7) is 1.52. The van der Waals surface area contributed by atoms with Gasteiger partial charge in [-0.3, -0.25) is 14.4 Å². The zero-order chi connectivity index (χ0) is 22.1. The molecule has 0 bridgehead atoms. The van der Waals surface area contributed by atoms with Crippen molar-refractivity contribution in [1.82, 2.24) is 15.5 Å². The molecule has 3 amide bonds. The second-order valence-corrected chi connectivity index (χ2v) is 7.67. The van der Waals surface area contributed by atoms with Gasteiger partial charge in [0, 0.05) is 32.3 Å². The van der Waals surface area contributed by atoms with Crippen molar-refractivity contribution >= 4 is 17.7 Å². The lowest BCUT2D eigenvalue weighted by molar-refractivity contribution is -0.136. The molecule has 1 aliphatic rings. The Bertz CT molecular complexity index is 865. The Morgan fingerprint density at radius 2 is 1.61 bits per heavy atom. The SMILES string of the molecule is COCC(=O)N1CCC([C@@H](NC(=O)c2ccccc2)C(=O)NCc2ccccc2)CC1. The van der Waals surface area contributed by atoms with E-state index in [4.69, 9.17) is 4.74 Å². The van der Waals surface area contributed by atoms with Gasteiger partial charge in [-0.1, -0.05) is 48.5 Å². The van der Waals surface area contributed by atoms with E-state index in [1.165, 1.54) is 7.11 Å². The van der Waals surface area contributed by atoms with Crippen LogP contribution in [-0.4, -0.2) is 55.5 Å². The molecule has 3 rings (SSSR count). The average molecular weight is 424 g/mol. The predicted molar refractivity (Wildman–Crippen MR) is 117 cm³/mol. The molecular formula is C24H29N3O4. The van der Waals surface area contributed by atoms with Gasteiger partial charge in [0.25, 0.3) is 5.91 Å². The summed E-state index contributed by atoms with van der Waals surface area (Å²) in [7, 11) is 1.50. The third-order valence-corrected chi connectivity index (χ3v) is 5.55. The molecule has 2 aromatic rings. The molecular weight excluding hydrogens is 394 g/mol. The van der Waals surface area contributed by atoms with Crippen molar-refractivity contribution in [2.45, 2.75) is 25.4 Å². The van der Waals surface area contributed by atoms with Crippen LogP contribution in [0.4, 0.5) is 0 Å². The first-order valence-electron chi connectivity index (χ1n) is 10.5. The number of carbonyl (C=O) groups is 3. The van der Waals surface area contributed by atoms with E-state index in [9.17, 15) is 14.4 Å². The number of benzene rings is 2. The van der Waals surface area contributed by atoms with Crippen molar-refractivity contribution in [3.8, 4) is 0 Å². The number of ether oxygens (including phenoxy) is 1. The summed E-state index contributed by atoms with van der Waals surface area (Å²) >= 11 is 0. The maximum absolute atomic E-state index is 13.1. The summed E-state index contributed by atoms with van der Waals surface area (Å²) < 4.78 is 4.93. The molecule has 1 atom stereocenters. The molecule has 31 heavy (non-hydrogen) atoms. The minimum absolute atomic E-state index is 0.0520. The molecule has 164 valence electrons. The van der Waals surface area contributed by atoms with Gasteiger partial charge in [-0.25, -0.2) is 0 Å². The van der Waals surface area contributed by atoms with Gasteiger partial charge >= 0.3 is 0 Å². The number of likely N-dealkylation sites (tertiary alicyclic amines) is 1. The van der Waals surface area contributed by atoms with Crippen LogP contribution >= 0.6 is 0 Å². The summed E-state index contributed by atoms with van der Waals surface area (Å²) in [6.07, 6.45) is 1.27. The molecule has 0 unspecified atom stereocenters. The Hall–Kier alpha value is -3.19. The van der Waals surface area contributed by atoms with Gasteiger partial charge in [0.2, 0.25) is 11.8 Å². The number of hydrogen-bond donors (Lipinski definition) is 2. The zero-order valence-electron chi connectivity index (χ0n) is 17.8. The molecule has 1 saturated heterocycles. The van der Waals surface area contributed by atoms with Crippen molar-refractivity contribution < 1.29 is 19.1 Å². The van der Waals surface area contributed by atoms with Gasteiger partial charge in [0.15, 0.2) is 0 Å². The number of piperidine rings is 1. The second-order valence-electron chi connectivity index (χ2n) is 7.67. The molecule has 1 heterocycles. The minimum Gasteiger partial charge on any atom is -0.375 e. The van der Waals surface area contributed by atoms with E-state index < -0.39 is 6.04 Å². The monoisotopic (exact) mass is 423 g/mol. The first-order chi connectivity index (χ1) is 15.1. The van der Waals surface area contributed by atoms with Crippen molar-refractivity contribution in [1.29, 1.82) is 0 Å². The number of methoxy groups -OCH3 is 1. The van der Waals surface area contributed by atoms with Crippen LogP contribution in [0.3, 0.4) is 0 Å². The Morgan fingerprint density at radius 3 is 2.23 bits per heavy atom. The predicted octanol–water partition coefficient (Wildman–Crippen LogP) is 1.99. The van der Waals surface area contributed by atoms with E-state index in [2.05, 4.69) is 10.6 Å². The Morgan fingerprint density at radius 1 is 1.00 bits per heavy atom. The number of rotatable bonds is 8. The molecule has 0 radical (unpaired) electrons. The molecule has 1 aliphatic heterocycles. The van der Waals surface area contributed by atoms with E-state index in [0.717, 1.165) is 5.56 Å². The largest absolute Gasteiger partial charge is 0.375 e. The number of amides is 3. The van der Waals surface area contributed by atoms with Crippen molar-refractivity contribution in [3.63, 3.8) is 0 Å². The second kappa shape index (κ2) is 11.3. The standard InChI is InChI=1S/C24H29N3O4/c1-31-17-21(28)27-14-12-19(13-15-27)22(26-23(29)20-10-6-3-7-11-20)24(30)25-16-18-8-4-2-5-9-18/h2-11,19,22H,12-17H2,1H3,(H,25,30)(H,26,29)/t22-/m1/s1. The highest BCUT2D eigenvalue weighted by molar-refractivity contribution is 5.97. The van der Waals surface area contributed by atoms with E-state index in [-0.39, 0.29) is 30.2 Å². The lowest BCUT2D eigenvalue weighted by Crippen LogP contribution is -2.54. The quantitative estimate of drug-likeness (QED) is 0.680. The fourth-order valence-corrected chi connectivity index (χ4v) is 3.80. The van der Waals surface area contributed by atoms with Crippen molar-refractivity contribution in [2.24, 2.45) is 5.92 Å². The maximum Gasteiger partial charge on any atom is 0.251 e. The summed E-state index contributed by atoms with van der Waals surface area (Å²) in [6, 6.07) is 17.8. The average Bonchev–Trinajstić information content (AvgIpc) is 2.82. The van der Waals surface area contributed by atoms with Crippen molar-refractivity contribution in [2.75, 3.05) is 26.8 Å². The summed E-state index contributed by atoms with van der Waals surface area (Å²) in [4.78, 5) is 39.7. The topological polar surface area (TPSA) is 87.7 Å². The van der Waals surface area contributed by atoms with Crippen molar-refractivity contribution in [3.05, 3.63) is 71.8 Å². The summed E-state index contributed by atoms with van der Waals surface area (Å²) in [5.41, 5.74) is 1.50. The van der Waals surface area contributed by atoms with Gasteiger partial charge < -0.3 is 20.3 Å². The first kappa shape index (κ1) is 22.5. The Balaban J connectivity index is 1.67. The molecule has 0 aliphatic carbocycles. The van der Waals surface area contributed by atoms with E-state index in [0.29, 0.717) is 38.0 Å². The number of hydrogen-bond acceptors (Lipinski definition) is 4. The summed E-state index contributed by atoms with van der Waals surface area (Å²) in [5, 5.41) is 5.88. The van der Waals surface area contributed by atoms with Crippen LogP contribution in [0.1, 0.15) is 28.8 Å². The zero-order valence-corrected chi connectivity index (χ0v) is 17.8. The Kier molecular flexibility index (Phi) is 8.18. The van der Waals surface area contributed by atoms with Crippen LogP contribution < -0.4 is 10.6 Å². The highest BCUT2D eigenvalue weighted by Gasteiger charge is 2.33. The fourth-order valence-electron chi connectivity index (χ4n) is 3.80. The van der Waals surface area contributed by atoms with E-state index in [1.807, 2.05) is 36.4 Å². The van der Waals surface area contributed by atoms with Crippen LogP contribution in [0.15, 0.2) is 60.7 Å². The molecule has 2 aromatic carbocycles. The lowest BCUT2D eigenvalue weighted by atomic mass is 9.88. The molecule has 0 spiro atoms. The molecule has 2 N–H and O–H groups in total. The summed E-state index contributed by atoms with van der Waals surface area (Å²) in [5.74, 6) is -0.609. The highest BCUT2D eigenvalue weighted by atomic mass is 16.5. The first-order valence-corrected chi connectivity index (χ1v) is 10.5. The van der Waals surface area contributed by atoms with Crippen LogP contribution in [0.2, 0.25) is 0 Å². The van der Waals surface area contributed by atoms with Gasteiger partial charge in [-0.15, -0.1) is 0 Å². The number of carbonyl (C=O) groups excluding carboxylic acids is 3. The molecule has 7 nitrogen and oxygen atoms in total.